The van der Waals surface area contributed by atoms with E-state index in [-0.39, 0.29) is 12.1 Å². The highest BCUT2D eigenvalue weighted by Crippen LogP contribution is 2.13. The van der Waals surface area contributed by atoms with Crippen LogP contribution < -0.4 is 0 Å². The quantitative estimate of drug-likeness (QED) is 0.835. The summed E-state index contributed by atoms with van der Waals surface area (Å²) in [5, 5.41) is 8.77. The summed E-state index contributed by atoms with van der Waals surface area (Å²) >= 11 is 0. The summed E-state index contributed by atoms with van der Waals surface area (Å²) in [5.74, 6) is -1.45. The van der Waals surface area contributed by atoms with E-state index < -0.39 is 30.9 Å². The molecule has 0 aliphatic heterocycles. The van der Waals surface area contributed by atoms with Crippen molar-refractivity contribution >= 4 is 11.9 Å². The van der Waals surface area contributed by atoms with Gasteiger partial charge >= 0.3 is 5.97 Å². The lowest BCUT2D eigenvalue weighted by molar-refractivity contribution is -0.138. The second-order valence-electron chi connectivity index (χ2n) is 4.47. The average Bonchev–Trinajstić information content (AvgIpc) is 2.75. The molecule has 0 aliphatic rings. The highest BCUT2D eigenvalue weighted by Gasteiger charge is 2.24. The van der Waals surface area contributed by atoms with E-state index in [0.29, 0.717) is 6.54 Å². The zero-order valence-corrected chi connectivity index (χ0v) is 11.4. The predicted octanol–water partition coefficient (Wildman–Crippen LogP) is 2.08. The molecule has 1 atom stereocenters. The number of halogens is 2. The molecular formula is C13H18F2N2O3. The van der Waals surface area contributed by atoms with Gasteiger partial charge in [0, 0.05) is 18.8 Å². The number of carbonyl (C=O) groups is 2. The third-order valence-corrected chi connectivity index (χ3v) is 2.99. The minimum atomic E-state index is -2.56. The van der Waals surface area contributed by atoms with Crippen molar-refractivity contribution < 1.29 is 23.5 Å². The lowest BCUT2D eigenvalue weighted by Gasteiger charge is -2.27. The number of aromatic nitrogens is 1. The minimum Gasteiger partial charge on any atom is -0.481 e. The molecule has 0 saturated heterocycles. The predicted molar refractivity (Wildman–Crippen MR) is 68.9 cm³/mol. The summed E-state index contributed by atoms with van der Waals surface area (Å²) in [7, 11) is 0. The molecule has 112 valence electrons. The SMILES string of the molecule is CCN(C(=O)c1cccn1CC(F)F)C(C)CC(=O)O. The fourth-order valence-electron chi connectivity index (χ4n) is 2.08. The van der Waals surface area contributed by atoms with E-state index in [0.717, 1.165) is 0 Å². The Kier molecular flexibility index (Phi) is 5.66. The van der Waals surface area contributed by atoms with Gasteiger partial charge < -0.3 is 14.6 Å². The van der Waals surface area contributed by atoms with Gasteiger partial charge in [-0.25, -0.2) is 8.78 Å². The molecule has 0 aromatic carbocycles. The molecule has 1 N–H and O–H groups in total. The summed E-state index contributed by atoms with van der Waals surface area (Å²) in [6.45, 7) is 3.10. The molecule has 1 unspecified atom stereocenters. The Labute approximate surface area is 115 Å². The second-order valence-corrected chi connectivity index (χ2v) is 4.47. The standard InChI is InChI=1S/C13H18F2N2O3/c1-3-17(9(2)7-12(18)19)13(20)10-5-4-6-16(10)8-11(14)15/h4-6,9,11H,3,7-8H2,1-2H3,(H,18,19). The van der Waals surface area contributed by atoms with Crippen LogP contribution in [0.25, 0.3) is 0 Å². The first kappa shape index (κ1) is 16.1. The van der Waals surface area contributed by atoms with Crippen LogP contribution >= 0.6 is 0 Å². The van der Waals surface area contributed by atoms with Crippen molar-refractivity contribution in [2.45, 2.75) is 39.3 Å². The van der Waals surface area contributed by atoms with E-state index >= 15 is 0 Å². The van der Waals surface area contributed by atoms with Crippen molar-refractivity contribution in [2.24, 2.45) is 0 Å². The van der Waals surface area contributed by atoms with Crippen molar-refractivity contribution in [1.82, 2.24) is 9.47 Å². The Balaban J connectivity index is 2.91. The van der Waals surface area contributed by atoms with E-state index in [1.807, 2.05) is 0 Å². The summed E-state index contributed by atoms with van der Waals surface area (Å²) in [4.78, 5) is 24.4. The maximum Gasteiger partial charge on any atom is 0.305 e. The number of hydrogen-bond donors (Lipinski definition) is 1. The zero-order valence-electron chi connectivity index (χ0n) is 11.4. The molecule has 7 heteroatoms. The highest BCUT2D eigenvalue weighted by molar-refractivity contribution is 5.93. The highest BCUT2D eigenvalue weighted by atomic mass is 19.3. The number of carboxylic acids is 1. The van der Waals surface area contributed by atoms with Gasteiger partial charge in [-0.05, 0) is 26.0 Å². The number of nitrogens with zero attached hydrogens (tertiary/aromatic N) is 2. The van der Waals surface area contributed by atoms with Crippen LogP contribution in [-0.4, -0.2) is 45.5 Å². The molecule has 0 saturated carbocycles. The van der Waals surface area contributed by atoms with Gasteiger partial charge in [0.25, 0.3) is 12.3 Å². The van der Waals surface area contributed by atoms with Crippen LogP contribution in [0.1, 0.15) is 30.8 Å². The van der Waals surface area contributed by atoms with Crippen LogP contribution in [0.3, 0.4) is 0 Å². The monoisotopic (exact) mass is 288 g/mol. The Hall–Kier alpha value is -1.92. The topological polar surface area (TPSA) is 62.5 Å². The number of aliphatic carboxylic acids is 1. The Morgan fingerprint density at radius 2 is 2.10 bits per heavy atom. The summed E-state index contributed by atoms with van der Waals surface area (Å²) in [6.07, 6.45) is -1.33. The average molecular weight is 288 g/mol. The van der Waals surface area contributed by atoms with Crippen molar-refractivity contribution in [3.05, 3.63) is 24.0 Å². The molecule has 5 nitrogen and oxygen atoms in total. The molecule has 0 spiro atoms. The van der Waals surface area contributed by atoms with Gasteiger partial charge in [0.1, 0.15) is 5.69 Å². The molecule has 0 bridgehead atoms. The van der Waals surface area contributed by atoms with E-state index in [1.165, 1.54) is 27.8 Å². The van der Waals surface area contributed by atoms with Crippen molar-refractivity contribution in [3.8, 4) is 0 Å². The van der Waals surface area contributed by atoms with E-state index in [2.05, 4.69) is 0 Å². The molecule has 0 fully saturated rings. The maximum absolute atomic E-state index is 12.4. The summed E-state index contributed by atoms with van der Waals surface area (Å²) in [6, 6.07) is 2.48. The van der Waals surface area contributed by atoms with Crippen LogP contribution in [0.15, 0.2) is 18.3 Å². The first-order chi connectivity index (χ1) is 9.36. The van der Waals surface area contributed by atoms with Gasteiger partial charge in [-0.15, -0.1) is 0 Å². The lowest BCUT2D eigenvalue weighted by atomic mass is 10.2. The molecule has 1 aromatic rings. The van der Waals surface area contributed by atoms with Gasteiger partial charge in [-0.3, -0.25) is 9.59 Å². The van der Waals surface area contributed by atoms with Gasteiger partial charge in [0.2, 0.25) is 0 Å². The van der Waals surface area contributed by atoms with Crippen LogP contribution in [0.5, 0.6) is 0 Å². The second kappa shape index (κ2) is 7.02. The molecule has 1 heterocycles. The fourth-order valence-corrected chi connectivity index (χ4v) is 2.08. The summed E-state index contributed by atoms with van der Waals surface area (Å²) in [5.41, 5.74) is 0.143. The molecular weight excluding hydrogens is 270 g/mol. The van der Waals surface area contributed by atoms with Crippen molar-refractivity contribution in [2.75, 3.05) is 6.54 Å². The largest absolute Gasteiger partial charge is 0.481 e. The normalized spacial score (nSPS) is 12.4. The molecule has 1 aromatic heterocycles. The first-order valence-corrected chi connectivity index (χ1v) is 6.32. The fraction of sp³-hybridized carbons (Fsp3) is 0.538. The van der Waals surface area contributed by atoms with Crippen molar-refractivity contribution in [1.29, 1.82) is 0 Å². The summed E-state index contributed by atoms with van der Waals surface area (Å²) < 4.78 is 26.0. The smallest absolute Gasteiger partial charge is 0.305 e. The number of alkyl halides is 2. The molecule has 1 amide bonds. The zero-order chi connectivity index (χ0) is 15.3. The Morgan fingerprint density at radius 3 is 2.60 bits per heavy atom. The maximum atomic E-state index is 12.4. The van der Waals surface area contributed by atoms with Crippen LogP contribution in [-0.2, 0) is 11.3 Å². The van der Waals surface area contributed by atoms with Crippen LogP contribution in [0, 0.1) is 0 Å². The third-order valence-electron chi connectivity index (χ3n) is 2.99. The van der Waals surface area contributed by atoms with Crippen molar-refractivity contribution in [3.63, 3.8) is 0 Å². The van der Waals surface area contributed by atoms with E-state index in [4.69, 9.17) is 5.11 Å². The third kappa shape index (κ3) is 4.04. The van der Waals surface area contributed by atoms with Crippen LogP contribution in [0.4, 0.5) is 8.78 Å². The molecule has 0 radical (unpaired) electrons. The van der Waals surface area contributed by atoms with Crippen LogP contribution in [0.2, 0.25) is 0 Å². The van der Waals surface area contributed by atoms with Gasteiger partial charge in [0.15, 0.2) is 0 Å². The van der Waals surface area contributed by atoms with Gasteiger partial charge in [0.05, 0.1) is 13.0 Å². The van der Waals surface area contributed by atoms with E-state index in [9.17, 15) is 18.4 Å². The van der Waals surface area contributed by atoms with Gasteiger partial charge in [-0.1, -0.05) is 0 Å². The first-order valence-electron chi connectivity index (χ1n) is 6.32. The molecule has 20 heavy (non-hydrogen) atoms. The molecule has 1 rings (SSSR count). The minimum absolute atomic E-state index is 0.143. The Morgan fingerprint density at radius 1 is 1.45 bits per heavy atom. The number of rotatable bonds is 7. The van der Waals surface area contributed by atoms with E-state index in [1.54, 1.807) is 13.8 Å². The number of carbonyl (C=O) groups excluding carboxylic acids is 1. The number of amides is 1. The number of hydrogen-bond acceptors (Lipinski definition) is 2. The lowest BCUT2D eigenvalue weighted by Crippen LogP contribution is -2.40. The molecule has 0 aliphatic carbocycles. The number of carboxylic acid groups (broad SMARTS) is 1. The Bertz CT molecular complexity index is 474. The van der Waals surface area contributed by atoms with Gasteiger partial charge in [-0.2, -0.15) is 0 Å².